The van der Waals surface area contributed by atoms with Gasteiger partial charge in [-0.15, -0.1) is 0 Å². The van der Waals surface area contributed by atoms with Crippen LogP contribution in [0.3, 0.4) is 0 Å². The molecule has 1 aromatic carbocycles. The molecule has 0 unspecified atom stereocenters. The number of oxazole rings is 1. The molecule has 0 amide bonds. The Balaban J connectivity index is 2.18. The maximum absolute atomic E-state index is 11.2. The van der Waals surface area contributed by atoms with Crippen molar-refractivity contribution in [1.29, 1.82) is 0 Å². The first-order valence-electron chi connectivity index (χ1n) is 5.98. The third kappa shape index (κ3) is 2.90. The maximum Gasteiger partial charge on any atom is 0.339 e. The number of benzene rings is 1. The Kier molecular flexibility index (Phi) is 3.93. The number of methoxy groups -OCH3 is 1. The molecule has 2 aromatic rings. The SMILES string of the molecule is COc1ccc(OCc2nc(C)c(C)o2)c(C(=O)O)c1. The number of carboxylic acids is 1. The maximum atomic E-state index is 11.2. The minimum absolute atomic E-state index is 0.0318. The molecule has 0 spiro atoms. The monoisotopic (exact) mass is 277 g/mol. The van der Waals surface area contributed by atoms with Gasteiger partial charge in [0, 0.05) is 0 Å². The second-order valence-electron chi connectivity index (χ2n) is 4.21. The van der Waals surface area contributed by atoms with Crippen LogP contribution in [0.1, 0.15) is 27.7 Å². The summed E-state index contributed by atoms with van der Waals surface area (Å²) in [4.78, 5) is 15.4. The second-order valence-corrected chi connectivity index (χ2v) is 4.21. The highest BCUT2D eigenvalue weighted by Crippen LogP contribution is 2.25. The van der Waals surface area contributed by atoms with Crippen LogP contribution in [0.2, 0.25) is 0 Å². The molecule has 0 atom stereocenters. The van der Waals surface area contributed by atoms with Crippen LogP contribution >= 0.6 is 0 Å². The summed E-state index contributed by atoms with van der Waals surface area (Å²) < 4.78 is 15.8. The molecule has 1 N–H and O–H groups in total. The molecule has 0 radical (unpaired) electrons. The lowest BCUT2D eigenvalue weighted by Gasteiger charge is -2.09. The average Bonchev–Trinajstić information content (AvgIpc) is 2.75. The van der Waals surface area contributed by atoms with Gasteiger partial charge in [-0.3, -0.25) is 0 Å². The van der Waals surface area contributed by atoms with Gasteiger partial charge in [-0.1, -0.05) is 0 Å². The summed E-state index contributed by atoms with van der Waals surface area (Å²) in [7, 11) is 1.47. The van der Waals surface area contributed by atoms with E-state index in [4.69, 9.17) is 19.0 Å². The summed E-state index contributed by atoms with van der Waals surface area (Å²) >= 11 is 0. The number of aryl methyl sites for hydroxylation is 2. The van der Waals surface area contributed by atoms with Crippen LogP contribution < -0.4 is 9.47 Å². The van der Waals surface area contributed by atoms with E-state index in [0.717, 1.165) is 11.5 Å². The van der Waals surface area contributed by atoms with Gasteiger partial charge in [0.25, 0.3) is 0 Å². The number of aromatic carboxylic acids is 1. The van der Waals surface area contributed by atoms with Crippen molar-refractivity contribution in [3.05, 3.63) is 41.1 Å². The second kappa shape index (κ2) is 5.64. The molecule has 0 bridgehead atoms. The Morgan fingerprint density at radius 3 is 2.70 bits per heavy atom. The van der Waals surface area contributed by atoms with E-state index in [1.54, 1.807) is 12.1 Å². The molecule has 0 aliphatic rings. The van der Waals surface area contributed by atoms with Gasteiger partial charge in [0.05, 0.1) is 12.8 Å². The van der Waals surface area contributed by atoms with Crippen LogP contribution in [0.5, 0.6) is 11.5 Å². The van der Waals surface area contributed by atoms with E-state index >= 15 is 0 Å². The number of nitrogens with zero attached hydrogens (tertiary/aromatic N) is 1. The topological polar surface area (TPSA) is 81.8 Å². The molecule has 2 rings (SSSR count). The van der Waals surface area contributed by atoms with Crippen molar-refractivity contribution in [2.24, 2.45) is 0 Å². The molecule has 6 nitrogen and oxygen atoms in total. The first-order chi connectivity index (χ1) is 9.51. The Morgan fingerprint density at radius 1 is 1.40 bits per heavy atom. The van der Waals surface area contributed by atoms with E-state index < -0.39 is 5.97 Å². The molecule has 1 aromatic heterocycles. The fourth-order valence-corrected chi connectivity index (χ4v) is 1.67. The van der Waals surface area contributed by atoms with Gasteiger partial charge in [0.15, 0.2) is 6.61 Å². The van der Waals surface area contributed by atoms with Gasteiger partial charge in [0.2, 0.25) is 5.89 Å². The van der Waals surface area contributed by atoms with Crippen LogP contribution in [0, 0.1) is 13.8 Å². The zero-order valence-corrected chi connectivity index (χ0v) is 11.5. The highest BCUT2D eigenvalue weighted by molar-refractivity contribution is 5.91. The minimum atomic E-state index is -1.08. The van der Waals surface area contributed by atoms with Crippen molar-refractivity contribution in [2.45, 2.75) is 20.5 Å². The molecular weight excluding hydrogens is 262 g/mol. The summed E-state index contributed by atoms with van der Waals surface area (Å²) in [6.07, 6.45) is 0. The van der Waals surface area contributed by atoms with Crippen molar-refractivity contribution in [3.8, 4) is 11.5 Å². The largest absolute Gasteiger partial charge is 0.497 e. The van der Waals surface area contributed by atoms with E-state index in [-0.39, 0.29) is 17.9 Å². The fourth-order valence-electron chi connectivity index (χ4n) is 1.67. The quantitative estimate of drug-likeness (QED) is 0.904. The fraction of sp³-hybridized carbons (Fsp3) is 0.286. The van der Waals surface area contributed by atoms with E-state index in [2.05, 4.69) is 4.98 Å². The lowest BCUT2D eigenvalue weighted by atomic mass is 10.2. The van der Waals surface area contributed by atoms with Gasteiger partial charge in [-0.25, -0.2) is 9.78 Å². The molecule has 0 aliphatic heterocycles. The highest BCUT2D eigenvalue weighted by atomic mass is 16.5. The number of rotatable bonds is 5. The summed E-state index contributed by atoms with van der Waals surface area (Å²) in [5.41, 5.74) is 0.820. The molecular formula is C14H15NO5. The molecule has 0 aliphatic carbocycles. The lowest BCUT2D eigenvalue weighted by Crippen LogP contribution is -2.04. The Hall–Kier alpha value is -2.50. The number of hydrogen-bond donors (Lipinski definition) is 1. The number of hydrogen-bond acceptors (Lipinski definition) is 5. The first kappa shape index (κ1) is 13.9. The standard InChI is InChI=1S/C14H15NO5/c1-8-9(2)20-13(15-8)7-19-12-5-4-10(18-3)6-11(12)14(16)17/h4-6H,7H2,1-3H3,(H,16,17). The van der Waals surface area contributed by atoms with Gasteiger partial charge < -0.3 is 19.0 Å². The molecule has 0 saturated heterocycles. The van der Waals surface area contributed by atoms with Crippen molar-refractivity contribution >= 4 is 5.97 Å². The third-order valence-electron chi connectivity index (χ3n) is 2.84. The van der Waals surface area contributed by atoms with Crippen LogP contribution in [0.15, 0.2) is 22.6 Å². The summed E-state index contributed by atoms with van der Waals surface area (Å²) in [6.45, 7) is 3.71. The van der Waals surface area contributed by atoms with Gasteiger partial charge in [0.1, 0.15) is 22.8 Å². The third-order valence-corrected chi connectivity index (χ3v) is 2.84. The van der Waals surface area contributed by atoms with E-state index in [1.165, 1.54) is 13.2 Å². The summed E-state index contributed by atoms with van der Waals surface area (Å²) in [6, 6.07) is 4.59. The number of ether oxygens (including phenoxy) is 2. The minimum Gasteiger partial charge on any atom is -0.497 e. The van der Waals surface area contributed by atoms with Gasteiger partial charge in [-0.2, -0.15) is 0 Å². The van der Waals surface area contributed by atoms with Crippen molar-refractivity contribution in [2.75, 3.05) is 7.11 Å². The van der Waals surface area contributed by atoms with Crippen LogP contribution in [-0.4, -0.2) is 23.2 Å². The van der Waals surface area contributed by atoms with E-state index in [1.807, 2.05) is 13.8 Å². The highest BCUT2D eigenvalue weighted by Gasteiger charge is 2.14. The normalized spacial score (nSPS) is 10.3. The molecule has 0 fully saturated rings. The summed E-state index contributed by atoms with van der Waals surface area (Å²) in [5, 5.41) is 9.16. The Labute approximate surface area is 116 Å². The predicted molar refractivity (Wildman–Crippen MR) is 70.3 cm³/mol. The molecule has 106 valence electrons. The Bertz CT molecular complexity index is 613. The summed E-state index contributed by atoms with van der Waals surface area (Å²) in [5.74, 6) is 0.743. The van der Waals surface area contributed by atoms with Crippen molar-refractivity contribution in [3.63, 3.8) is 0 Å². The predicted octanol–water partition coefficient (Wildman–Crippen LogP) is 2.58. The van der Waals surface area contributed by atoms with Crippen molar-refractivity contribution in [1.82, 2.24) is 4.98 Å². The Morgan fingerprint density at radius 2 is 2.15 bits per heavy atom. The number of carboxylic acid groups (broad SMARTS) is 1. The zero-order chi connectivity index (χ0) is 14.7. The molecule has 0 saturated carbocycles. The average molecular weight is 277 g/mol. The van der Waals surface area contributed by atoms with Crippen molar-refractivity contribution < 1.29 is 23.8 Å². The van der Waals surface area contributed by atoms with Crippen LogP contribution in [-0.2, 0) is 6.61 Å². The van der Waals surface area contributed by atoms with E-state index in [9.17, 15) is 4.79 Å². The van der Waals surface area contributed by atoms with Crippen LogP contribution in [0.4, 0.5) is 0 Å². The molecule has 1 heterocycles. The smallest absolute Gasteiger partial charge is 0.339 e. The number of aromatic nitrogens is 1. The van der Waals surface area contributed by atoms with Gasteiger partial charge in [-0.05, 0) is 32.0 Å². The lowest BCUT2D eigenvalue weighted by molar-refractivity contribution is 0.0690. The zero-order valence-electron chi connectivity index (χ0n) is 11.5. The van der Waals surface area contributed by atoms with Gasteiger partial charge >= 0.3 is 5.97 Å². The van der Waals surface area contributed by atoms with E-state index in [0.29, 0.717) is 11.6 Å². The number of carbonyl (C=O) groups is 1. The molecule has 20 heavy (non-hydrogen) atoms. The molecule has 6 heteroatoms. The first-order valence-corrected chi connectivity index (χ1v) is 5.98. The van der Waals surface area contributed by atoms with Crippen LogP contribution in [0.25, 0.3) is 0 Å².